The third kappa shape index (κ3) is 3.71. The number of nitrogens with zero attached hydrogens (tertiary/aromatic N) is 1. The minimum Gasteiger partial charge on any atom is -0.494 e. The van der Waals surface area contributed by atoms with E-state index in [9.17, 15) is 14.0 Å². The van der Waals surface area contributed by atoms with Crippen LogP contribution < -0.4 is 19.7 Å². The summed E-state index contributed by atoms with van der Waals surface area (Å²) in [4.78, 5) is 25.7. The maximum Gasteiger partial charge on any atom is 0.265 e. The van der Waals surface area contributed by atoms with Crippen LogP contribution in [0.3, 0.4) is 0 Å². The van der Waals surface area contributed by atoms with Crippen molar-refractivity contribution >= 4 is 23.2 Å². The zero-order valence-corrected chi connectivity index (χ0v) is 13.6. The molecule has 0 atom stereocenters. The van der Waals surface area contributed by atoms with Gasteiger partial charge in [0.1, 0.15) is 5.75 Å². The Morgan fingerprint density at radius 1 is 1.32 bits per heavy atom. The smallest absolute Gasteiger partial charge is 0.265 e. The lowest BCUT2D eigenvalue weighted by Gasteiger charge is -2.29. The molecule has 6 nitrogen and oxygen atoms in total. The number of ether oxygens (including phenoxy) is 2. The van der Waals surface area contributed by atoms with Gasteiger partial charge in [0.15, 0.2) is 18.2 Å². The van der Waals surface area contributed by atoms with Crippen molar-refractivity contribution in [1.82, 2.24) is 0 Å². The van der Waals surface area contributed by atoms with E-state index in [4.69, 9.17) is 9.47 Å². The van der Waals surface area contributed by atoms with Crippen LogP contribution in [-0.2, 0) is 9.59 Å². The average molecular weight is 344 g/mol. The molecule has 0 unspecified atom stereocenters. The van der Waals surface area contributed by atoms with Crippen LogP contribution in [0.2, 0.25) is 0 Å². The molecule has 2 aromatic carbocycles. The third-order valence-corrected chi connectivity index (χ3v) is 3.81. The van der Waals surface area contributed by atoms with Crippen molar-refractivity contribution < 1.29 is 23.5 Å². The van der Waals surface area contributed by atoms with E-state index in [1.165, 1.54) is 24.1 Å². The summed E-state index contributed by atoms with van der Waals surface area (Å²) in [5.41, 5.74) is 0.971. The zero-order valence-electron chi connectivity index (χ0n) is 13.6. The molecule has 0 aliphatic carbocycles. The first-order valence-corrected chi connectivity index (χ1v) is 7.74. The van der Waals surface area contributed by atoms with E-state index in [2.05, 4.69) is 5.32 Å². The van der Waals surface area contributed by atoms with Crippen molar-refractivity contribution in [2.75, 3.05) is 30.5 Å². The Morgan fingerprint density at radius 3 is 2.88 bits per heavy atom. The van der Waals surface area contributed by atoms with Crippen LogP contribution in [0.25, 0.3) is 0 Å². The minimum atomic E-state index is -0.558. The van der Waals surface area contributed by atoms with Crippen molar-refractivity contribution in [3.8, 4) is 11.5 Å². The molecular formula is C18H17FN2O4. The molecule has 2 amide bonds. The average Bonchev–Trinajstić information content (AvgIpc) is 2.61. The second-order valence-corrected chi connectivity index (χ2v) is 5.45. The van der Waals surface area contributed by atoms with Gasteiger partial charge in [-0.1, -0.05) is 12.1 Å². The number of benzene rings is 2. The predicted molar refractivity (Wildman–Crippen MR) is 90.5 cm³/mol. The quantitative estimate of drug-likeness (QED) is 0.905. The monoisotopic (exact) mass is 344 g/mol. The Labute approximate surface area is 144 Å². The molecule has 25 heavy (non-hydrogen) atoms. The molecule has 130 valence electrons. The molecule has 0 saturated heterocycles. The molecule has 2 aromatic rings. The van der Waals surface area contributed by atoms with Gasteiger partial charge >= 0.3 is 0 Å². The van der Waals surface area contributed by atoms with Crippen LogP contribution in [-0.4, -0.2) is 32.1 Å². The fraction of sp³-hybridized carbons (Fsp3) is 0.222. The molecule has 1 aliphatic heterocycles. The highest BCUT2D eigenvalue weighted by molar-refractivity contribution is 5.99. The predicted octanol–water partition coefficient (Wildman–Crippen LogP) is 2.59. The number of halogens is 1. The van der Waals surface area contributed by atoms with Gasteiger partial charge in [-0.05, 0) is 24.3 Å². The van der Waals surface area contributed by atoms with E-state index in [0.717, 1.165) is 0 Å². The van der Waals surface area contributed by atoms with Gasteiger partial charge in [-0.3, -0.25) is 9.59 Å². The Hall–Kier alpha value is -3.09. The van der Waals surface area contributed by atoms with E-state index < -0.39 is 5.82 Å². The highest BCUT2D eigenvalue weighted by Gasteiger charge is 2.25. The zero-order chi connectivity index (χ0) is 17.8. The molecule has 1 N–H and O–H groups in total. The number of carbonyl (C=O) groups is 2. The highest BCUT2D eigenvalue weighted by atomic mass is 19.1. The first-order chi connectivity index (χ1) is 12.1. The van der Waals surface area contributed by atoms with Crippen LogP contribution >= 0.6 is 0 Å². The lowest BCUT2D eigenvalue weighted by Crippen LogP contribution is -2.40. The Kier molecular flexibility index (Phi) is 4.83. The van der Waals surface area contributed by atoms with Crippen molar-refractivity contribution in [3.63, 3.8) is 0 Å². The number of para-hydroxylation sites is 2. The fourth-order valence-electron chi connectivity index (χ4n) is 2.58. The SMILES string of the molecule is COc1ccc(NC(=O)CCN2C(=O)COc3ccccc32)cc1F. The van der Waals surface area contributed by atoms with Crippen molar-refractivity contribution in [3.05, 3.63) is 48.3 Å². The van der Waals surface area contributed by atoms with Crippen LogP contribution in [0.5, 0.6) is 11.5 Å². The standard InChI is InChI=1S/C18H17FN2O4/c1-24-15-7-6-12(10-13(15)19)20-17(22)8-9-21-14-4-2-3-5-16(14)25-11-18(21)23/h2-7,10H,8-9,11H2,1H3,(H,20,22). The maximum absolute atomic E-state index is 13.7. The normalized spacial score (nSPS) is 13.0. The van der Waals surface area contributed by atoms with Gasteiger partial charge in [-0.25, -0.2) is 4.39 Å². The number of amides is 2. The molecular weight excluding hydrogens is 327 g/mol. The van der Waals surface area contributed by atoms with Gasteiger partial charge in [-0.2, -0.15) is 0 Å². The molecule has 0 spiro atoms. The van der Waals surface area contributed by atoms with E-state index in [1.807, 2.05) is 6.07 Å². The number of rotatable bonds is 5. The Balaban J connectivity index is 1.63. The van der Waals surface area contributed by atoms with E-state index in [-0.39, 0.29) is 37.1 Å². The molecule has 7 heteroatoms. The molecule has 0 radical (unpaired) electrons. The van der Waals surface area contributed by atoms with Crippen molar-refractivity contribution in [1.29, 1.82) is 0 Å². The summed E-state index contributed by atoms with van der Waals surface area (Å²) in [6.07, 6.45) is 0.0771. The summed E-state index contributed by atoms with van der Waals surface area (Å²) in [5.74, 6) is -0.367. The number of hydrogen-bond acceptors (Lipinski definition) is 4. The van der Waals surface area contributed by atoms with Gasteiger partial charge in [0.25, 0.3) is 5.91 Å². The minimum absolute atomic E-state index is 0.0533. The number of fused-ring (bicyclic) bond motifs is 1. The summed E-state index contributed by atoms with van der Waals surface area (Å²) < 4.78 is 23.8. The highest BCUT2D eigenvalue weighted by Crippen LogP contribution is 2.31. The Bertz CT molecular complexity index is 809. The lowest BCUT2D eigenvalue weighted by atomic mass is 10.2. The maximum atomic E-state index is 13.7. The number of anilines is 2. The van der Waals surface area contributed by atoms with Gasteiger partial charge in [0.05, 0.1) is 12.8 Å². The fourth-order valence-corrected chi connectivity index (χ4v) is 2.58. The summed E-state index contributed by atoms with van der Waals surface area (Å²) >= 11 is 0. The van der Waals surface area contributed by atoms with Crippen LogP contribution in [0.15, 0.2) is 42.5 Å². The van der Waals surface area contributed by atoms with Gasteiger partial charge in [0, 0.05) is 24.7 Å². The van der Waals surface area contributed by atoms with E-state index in [1.54, 1.807) is 24.3 Å². The molecule has 0 bridgehead atoms. The second-order valence-electron chi connectivity index (χ2n) is 5.45. The lowest BCUT2D eigenvalue weighted by molar-refractivity contribution is -0.121. The largest absolute Gasteiger partial charge is 0.494 e. The topological polar surface area (TPSA) is 67.9 Å². The van der Waals surface area contributed by atoms with Crippen LogP contribution in [0, 0.1) is 5.82 Å². The van der Waals surface area contributed by atoms with Gasteiger partial charge < -0.3 is 19.7 Å². The number of nitrogens with one attached hydrogen (secondary N) is 1. The van der Waals surface area contributed by atoms with Crippen LogP contribution in [0.1, 0.15) is 6.42 Å². The first-order valence-electron chi connectivity index (χ1n) is 7.74. The van der Waals surface area contributed by atoms with Crippen LogP contribution in [0.4, 0.5) is 15.8 Å². The van der Waals surface area contributed by atoms with Crippen molar-refractivity contribution in [2.24, 2.45) is 0 Å². The molecule has 1 heterocycles. The van der Waals surface area contributed by atoms with E-state index in [0.29, 0.717) is 17.1 Å². The number of carbonyl (C=O) groups excluding carboxylic acids is 2. The molecule has 1 aliphatic rings. The van der Waals surface area contributed by atoms with E-state index >= 15 is 0 Å². The number of methoxy groups -OCH3 is 1. The Morgan fingerprint density at radius 2 is 2.12 bits per heavy atom. The van der Waals surface area contributed by atoms with Gasteiger partial charge in [0.2, 0.25) is 5.91 Å². The molecule has 0 fully saturated rings. The second kappa shape index (κ2) is 7.21. The summed E-state index contributed by atoms with van der Waals surface area (Å²) in [6.45, 7) is 0.159. The third-order valence-electron chi connectivity index (χ3n) is 3.81. The molecule has 0 saturated carbocycles. The molecule has 3 rings (SSSR count). The van der Waals surface area contributed by atoms with Crippen molar-refractivity contribution in [2.45, 2.75) is 6.42 Å². The summed E-state index contributed by atoms with van der Waals surface area (Å²) in [6, 6.07) is 11.3. The summed E-state index contributed by atoms with van der Waals surface area (Å²) in [7, 11) is 1.37. The molecule has 0 aromatic heterocycles. The summed E-state index contributed by atoms with van der Waals surface area (Å²) in [5, 5.41) is 2.61. The first kappa shape index (κ1) is 16.8. The number of hydrogen-bond donors (Lipinski definition) is 1. The van der Waals surface area contributed by atoms with Gasteiger partial charge in [-0.15, -0.1) is 0 Å².